The second-order valence-corrected chi connectivity index (χ2v) is 7.25. The third-order valence-electron chi connectivity index (χ3n) is 5.39. The second-order valence-electron chi connectivity index (χ2n) is 7.25. The maximum Gasteiger partial charge on any atom is 0.253 e. The van der Waals surface area contributed by atoms with Crippen molar-refractivity contribution >= 4 is 22.6 Å². The number of hydrogen-bond donors (Lipinski definition) is 1. The molecular weight excluding hydrogens is 352 g/mol. The number of aryl methyl sites for hydroxylation is 1. The van der Waals surface area contributed by atoms with Gasteiger partial charge in [0.15, 0.2) is 0 Å². The van der Waals surface area contributed by atoms with E-state index in [0.717, 1.165) is 40.6 Å². The number of carbonyl (C=O) groups excluding carboxylic acids is 2. The van der Waals surface area contributed by atoms with Crippen molar-refractivity contribution in [1.82, 2.24) is 15.1 Å². The maximum absolute atomic E-state index is 12.8. The number of fused-ring (bicyclic) bond motifs is 1. The second kappa shape index (κ2) is 7.38. The van der Waals surface area contributed by atoms with Crippen molar-refractivity contribution in [2.75, 3.05) is 13.1 Å². The molecule has 0 spiro atoms. The summed E-state index contributed by atoms with van der Waals surface area (Å²) in [6.45, 7) is 2.99. The van der Waals surface area contributed by atoms with Crippen molar-refractivity contribution in [2.24, 2.45) is 11.7 Å². The van der Waals surface area contributed by atoms with Gasteiger partial charge in [-0.15, -0.1) is 5.10 Å². The molecule has 0 bridgehead atoms. The van der Waals surface area contributed by atoms with Crippen LogP contribution in [0.5, 0.6) is 0 Å². The third-order valence-corrected chi connectivity index (χ3v) is 5.39. The molecule has 6 heteroatoms. The number of hydrogen-bond acceptors (Lipinski definition) is 4. The zero-order valence-electron chi connectivity index (χ0n) is 15.8. The fraction of sp³-hybridized carbons (Fsp3) is 0.273. The Hall–Kier alpha value is -3.28. The van der Waals surface area contributed by atoms with Gasteiger partial charge in [-0.25, -0.2) is 0 Å². The molecule has 0 unspecified atom stereocenters. The topological polar surface area (TPSA) is 89.2 Å². The van der Waals surface area contributed by atoms with Crippen molar-refractivity contribution < 1.29 is 9.59 Å². The van der Waals surface area contributed by atoms with Gasteiger partial charge < -0.3 is 10.6 Å². The predicted molar refractivity (Wildman–Crippen MR) is 108 cm³/mol. The summed E-state index contributed by atoms with van der Waals surface area (Å²) in [6, 6.07) is 15.4. The van der Waals surface area contributed by atoms with E-state index < -0.39 is 0 Å². The molecule has 1 fully saturated rings. The molecule has 4 rings (SSSR count). The first kappa shape index (κ1) is 18.1. The Morgan fingerprint density at radius 3 is 2.46 bits per heavy atom. The number of benzene rings is 2. The molecule has 1 aliphatic heterocycles. The third kappa shape index (κ3) is 3.33. The molecule has 1 aliphatic rings. The SMILES string of the molecule is Cc1nnc(-c2ccc(C(=O)N3CCC[C@@H](C(N)=O)C3)cc2)c2ccccc12. The molecule has 0 aliphatic carbocycles. The van der Waals surface area contributed by atoms with Gasteiger partial charge in [-0.2, -0.15) is 5.10 Å². The van der Waals surface area contributed by atoms with E-state index in [2.05, 4.69) is 10.2 Å². The highest BCUT2D eigenvalue weighted by atomic mass is 16.2. The van der Waals surface area contributed by atoms with Crippen LogP contribution in [0.2, 0.25) is 0 Å². The maximum atomic E-state index is 12.8. The Morgan fingerprint density at radius 2 is 1.75 bits per heavy atom. The summed E-state index contributed by atoms with van der Waals surface area (Å²) in [5, 5.41) is 10.7. The predicted octanol–water partition coefficient (Wildman–Crippen LogP) is 2.94. The normalized spacial score (nSPS) is 16.9. The summed E-state index contributed by atoms with van der Waals surface area (Å²) in [4.78, 5) is 26.0. The average Bonchev–Trinajstić information content (AvgIpc) is 2.74. The molecule has 3 aromatic rings. The summed E-state index contributed by atoms with van der Waals surface area (Å²) in [7, 11) is 0. The van der Waals surface area contributed by atoms with Gasteiger partial charge in [0.25, 0.3) is 5.91 Å². The average molecular weight is 374 g/mol. The van der Waals surface area contributed by atoms with Gasteiger partial charge in [0.2, 0.25) is 5.91 Å². The molecule has 1 saturated heterocycles. The van der Waals surface area contributed by atoms with Gasteiger partial charge in [-0.05, 0) is 31.9 Å². The van der Waals surface area contributed by atoms with E-state index in [0.29, 0.717) is 18.7 Å². The molecule has 2 amide bonds. The van der Waals surface area contributed by atoms with E-state index >= 15 is 0 Å². The van der Waals surface area contributed by atoms with E-state index in [1.807, 2.05) is 55.5 Å². The first-order valence-corrected chi connectivity index (χ1v) is 9.45. The summed E-state index contributed by atoms with van der Waals surface area (Å²) in [5.74, 6) is -0.666. The molecule has 1 aromatic heterocycles. The van der Waals surface area contributed by atoms with Crippen LogP contribution in [0.1, 0.15) is 28.9 Å². The highest BCUT2D eigenvalue weighted by Crippen LogP contribution is 2.28. The number of primary amides is 1. The fourth-order valence-electron chi connectivity index (χ4n) is 3.80. The van der Waals surface area contributed by atoms with Crippen molar-refractivity contribution in [1.29, 1.82) is 0 Å². The molecule has 6 nitrogen and oxygen atoms in total. The van der Waals surface area contributed by atoms with Crippen molar-refractivity contribution in [3.63, 3.8) is 0 Å². The number of likely N-dealkylation sites (tertiary alicyclic amines) is 1. The van der Waals surface area contributed by atoms with Gasteiger partial charge in [-0.1, -0.05) is 36.4 Å². The number of aromatic nitrogens is 2. The zero-order chi connectivity index (χ0) is 19.7. The van der Waals surface area contributed by atoms with Gasteiger partial charge in [0.1, 0.15) is 5.69 Å². The molecule has 1 atom stereocenters. The lowest BCUT2D eigenvalue weighted by atomic mass is 9.96. The minimum atomic E-state index is -0.335. The summed E-state index contributed by atoms with van der Waals surface area (Å²) >= 11 is 0. The first-order valence-electron chi connectivity index (χ1n) is 9.45. The number of rotatable bonds is 3. The largest absolute Gasteiger partial charge is 0.369 e. The molecular formula is C22H22N4O2. The fourth-order valence-corrected chi connectivity index (χ4v) is 3.80. The molecule has 2 N–H and O–H groups in total. The van der Waals surface area contributed by atoms with E-state index in [1.54, 1.807) is 4.90 Å². The number of carbonyl (C=O) groups is 2. The quantitative estimate of drug-likeness (QED) is 0.763. The monoisotopic (exact) mass is 374 g/mol. The first-order chi connectivity index (χ1) is 13.5. The molecule has 2 aromatic carbocycles. The van der Waals surface area contributed by atoms with Crippen LogP contribution in [0.25, 0.3) is 22.0 Å². The lowest BCUT2D eigenvalue weighted by Crippen LogP contribution is -2.44. The Labute approximate surface area is 163 Å². The van der Waals surface area contributed by atoms with Gasteiger partial charge >= 0.3 is 0 Å². The van der Waals surface area contributed by atoms with E-state index in [-0.39, 0.29) is 17.7 Å². The zero-order valence-corrected chi connectivity index (χ0v) is 15.8. The van der Waals surface area contributed by atoms with Crippen LogP contribution in [-0.2, 0) is 4.79 Å². The van der Waals surface area contributed by atoms with Crippen molar-refractivity contribution in [2.45, 2.75) is 19.8 Å². The van der Waals surface area contributed by atoms with Crippen LogP contribution < -0.4 is 5.73 Å². The Morgan fingerprint density at radius 1 is 1.04 bits per heavy atom. The van der Waals surface area contributed by atoms with Crippen molar-refractivity contribution in [3.8, 4) is 11.3 Å². The van der Waals surface area contributed by atoms with E-state index in [9.17, 15) is 9.59 Å². The Bertz CT molecular complexity index is 1050. The van der Waals surface area contributed by atoms with E-state index in [4.69, 9.17) is 5.73 Å². The van der Waals surface area contributed by atoms with Crippen LogP contribution in [0.15, 0.2) is 48.5 Å². The minimum Gasteiger partial charge on any atom is -0.369 e. The molecule has 142 valence electrons. The van der Waals surface area contributed by atoms with Crippen LogP contribution >= 0.6 is 0 Å². The van der Waals surface area contributed by atoms with Gasteiger partial charge in [0.05, 0.1) is 11.6 Å². The minimum absolute atomic E-state index is 0.0719. The molecule has 28 heavy (non-hydrogen) atoms. The summed E-state index contributed by atoms with van der Waals surface area (Å²) < 4.78 is 0. The van der Waals surface area contributed by atoms with Crippen LogP contribution in [-0.4, -0.2) is 40.0 Å². The highest BCUT2D eigenvalue weighted by molar-refractivity contribution is 5.97. The standard InChI is InChI=1S/C22H22N4O2/c1-14-18-6-2-3-7-19(18)20(25-24-14)15-8-10-16(11-9-15)22(28)26-12-4-5-17(13-26)21(23)27/h2-3,6-11,17H,4-5,12-13H2,1H3,(H2,23,27)/t17-/m1/s1. The number of nitrogens with two attached hydrogens (primary N) is 1. The van der Waals surface area contributed by atoms with Gasteiger partial charge in [-0.3, -0.25) is 9.59 Å². The number of piperidine rings is 1. The summed E-state index contributed by atoms with van der Waals surface area (Å²) in [5.41, 5.74) is 8.61. The Kier molecular flexibility index (Phi) is 4.77. The Balaban J connectivity index is 1.60. The van der Waals surface area contributed by atoms with E-state index in [1.165, 1.54) is 0 Å². The molecule has 2 heterocycles. The van der Waals surface area contributed by atoms with Gasteiger partial charge in [0, 0.05) is 35.0 Å². The van der Waals surface area contributed by atoms with Crippen LogP contribution in [0, 0.1) is 12.8 Å². The smallest absolute Gasteiger partial charge is 0.253 e. The lowest BCUT2D eigenvalue weighted by Gasteiger charge is -2.31. The lowest BCUT2D eigenvalue weighted by molar-refractivity contribution is -0.123. The molecule has 0 radical (unpaired) electrons. The molecule has 0 saturated carbocycles. The number of nitrogens with zero attached hydrogens (tertiary/aromatic N) is 3. The number of amides is 2. The summed E-state index contributed by atoms with van der Waals surface area (Å²) in [6.07, 6.45) is 1.54. The van der Waals surface area contributed by atoms with Crippen LogP contribution in [0.3, 0.4) is 0 Å². The van der Waals surface area contributed by atoms with Crippen LogP contribution in [0.4, 0.5) is 0 Å². The highest BCUT2D eigenvalue weighted by Gasteiger charge is 2.27. The van der Waals surface area contributed by atoms with Crippen molar-refractivity contribution in [3.05, 3.63) is 59.8 Å².